The molecule has 0 bridgehead atoms. The van der Waals surface area contributed by atoms with Crippen molar-refractivity contribution in [2.45, 2.75) is 58.0 Å². The van der Waals surface area contributed by atoms with Gasteiger partial charge in [-0.2, -0.15) is 0 Å². The molecule has 1 amide bonds. The first kappa shape index (κ1) is 18.3. The van der Waals surface area contributed by atoms with Crippen LogP contribution in [-0.2, 0) is 24.3 Å². The number of amides is 1. The molecule has 152 valence electrons. The number of carbonyl (C=O) groups excluding carboxylic acids is 1. The molecule has 1 fully saturated rings. The first-order chi connectivity index (χ1) is 14.1. The van der Waals surface area contributed by atoms with Gasteiger partial charge in [0.15, 0.2) is 0 Å². The van der Waals surface area contributed by atoms with Crippen LogP contribution in [0.15, 0.2) is 24.5 Å². The molecule has 8 heteroatoms. The Morgan fingerprint density at radius 3 is 2.90 bits per heavy atom. The summed E-state index contributed by atoms with van der Waals surface area (Å²) in [6.07, 6.45) is 8.47. The smallest absolute Gasteiger partial charge is 0.223 e. The number of nitrogens with one attached hydrogen (secondary N) is 1. The Morgan fingerprint density at radius 1 is 1.24 bits per heavy atom. The van der Waals surface area contributed by atoms with E-state index in [4.69, 9.17) is 0 Å². The predicted octanol–water partition coefficient (Wildman–Crippen LogP) is 3.22. The van der Waals surface area contributed by atoms with Crippen molar-refractivity contribution < 1.29 is 9.18 Å². The number of fused-ring (bicyclic) bond motifs is 3. The highest BCUT2D eigenvalue weighted by atomic mass is 19.1. The largest absolute Gasteiger partial charge is 0.358 e. The summed E-state index contributed by atoms with van der Waals surface area (Å²) >= 11 is 0. The highest BCUT2D eigenvalue weighted by molar-refractivity contribution is 5.86. The van der Waals surface area contributed by atoms with E-state index in [1.807, 2.05) is 4.90 Å². The monoisotopic (exact) mass is 396 g/mol. The Balaban J connectivity index is 1.36. The maximum Gasteiger partial charge on any atom is 0.223 e. The van der Waals surface area contributed by atoms with Crippen molar-refractivity contribution in [3.63, 3.8) is 0 Å². The van der Waals surface area contributed by atoms with Gasteiger partial charge in [-0.15, -0.1) is 5.10 Å². The summed E-state index contributed by atoms with van der Waals surface area (Å²) in [6, 6.07) is 4.82. The standard InChI is InChI=1S/C21H25FN6O/c22-15-4-5-18-16(10-15)17-12-27(9-6-19(17)24-18)20(29)11-21(7-2-1-3-8-21)13-28-14-23-25-26-28/h4-5,10,14,24H,1-3,6-9,11-13H2. The minimum Gasteiger partial charge on any atom is -0.358 e. The second kappa shape index (κ2) is 7.24. The molecule has 1 aliphatic heterocycles. The van der Waals surface area contributed by atoms with Crippen LogP contribution in [0.1, 0.15) is 49.8 Å². The topological polar surface area (TPSA) is 79.7 Å². The van der Waals surface area contributed by atoms with Crippen molar-refractivity contribution >= 4 is 16.8 Å². The van der Waals surface area contributed by atoms with Crippen molar-refractivity contribution in [1.29, 1.82) is 0 Å². The Hall–Kier alpha value is -2.77. The van der Waals surface area contributed by atoms with Crippen LogP contribution in [0, 0.1) is 11.2 Å². The Bertz CT molecular complexity index is 1020. The number of aromatic nitrogens is 5. The average molecular weight is 396 g/mol. The van der Waals surface area contributed by atoms with Gasteiger partial charge in [0.05, 0.1) is 6.54 Å². The van der Waals surface area contributed by atoms with Gasteiger partial charge in [0.2, 0.25) is 5.91 Å². The fraction of sp³-hybridized carbons (Fsp3) is 0.524. The molecule has 0 unspecified atom stereocenters. The summed E-state index contributed by atoms with van der Waals surface area (Å²) in [5.41, 5.74) is 3.03. The van der Waals surface area contributed by atoms with Gasteiger partial charge in [0.1, 0.15) is 12.1 Å². The molecular weight excluding hydrogens is 371 g/mol. The quantitative estimate of drug-likeness (QED) is 0.734. The van der Waals surface area contributed by atoms with Crippen LogP contribution in [0.25, 0.3) is 10.9 Å². The SMILES string of the molecule is O=C(CC1(Cn2cnnn2)CCCCC1)N1CCc2[nH]c3ccc(F)cc3c2C1. The molecule has 2 aliphatic rings. The molecular formula is C21H25FN6O. The van der Waals surface area contributed by atoms with E-state index in [2.05, 4.69) is 20.5 Å². The van der Waals surface area contributed by atoms with Crippen LogP contribution in [0.4, 0.5) is 4.39 Å². The third kappa shape index (κ3) is 3.52. The maximum absolute atomic E-state index is 13.8. The van der Waals surface area contributed by atoms with Gasteiger partial charge in [-0.05, 0) is 46.9 Å². The predicted molar refractivity (Wildman–Crippen MR) is 105 cm³/mol. The zero-order valence-corrected chi connectivity index (χ0v) is 16.4. The number of nitrogens with zero attached hydrogens (tertiary/aromatic N) is 5. The number of H-pyrrole nitrogens is 1. The Morgan fingerprint density at radius 2 is 2.10 bits per heavy atom. The minimum atomic E-state index is -0.245. The van der Waals surface area contributed by atoms with E-state index in [0.717, 1.165) is 54.3 Å². The molecule has 5 rings (SSSR count). The molecule has 3 aromatic rings. The lowest BCUT2D eigenvalue weighted by atomic mass is 9.71. The fourth-order valence-electron chi connectivity index (χ4n) is 5.12. The van der Waals surface area contributed by atoms with Crippen LogP contribution >= 0.6 is 0 Å². The van der Waals surface area contributed by atoms with E-state index in [1.54, 1.807) is 23.1 Å². The highest BCUT2D eigenvalue weighted by Gasteiger charge is 2.37. The zero-order valence-electron chi connectivity index (χ0n) is 16.4. The molecule has 1 aromatic carbocycles. The van der Waals surface area contributed by atoms with Crippen molar-refractivity contribution in [3.05, 3.63) is 41.6 Å². The van der Waals surface area contributed by atoms with E-state index in [1.165, 1.54) is 12.5 Å². The molecule has 1 N–H and O–H groups in total. The summed E-state index contributed by atoms with van der Waals surface area (Å²) in [5, 5.41) is 12.4. The van der Waals surface area contributed by atoms with Gasteiger partial charge in [0.25, 0.3) is 0 Å². The second-order valence-electron chi connectivity index (χ2n) is 8.58. The third-order valence-corrected chi connectivity index (χ3v) is 6.62. The molecule has 0 saturated heterocycles. The molecule has 7 nitrogen and oxygen atoms in total. The van der Waals surface area contributed by atoms with E-state index in [0.29, 0.717) is 26.1 Å². The molecule has 3 heterocycles. The third-order valence-electron chi connectivity index (χ3n) is 6.62. The first-order valence-corrected chi connectivity index (χ1v) is 10.4. The van der Waals surface area contributed by atoms with Gasteiger partial charge >= 0.3 is 0 Å². The lowest BCUT2D eigenvalue weighted by Gasteiger charge is -2.38. The highest BCUT2D eigenvalue weighted by Crippen LogP contribution is 2.41. The summed E-state index contributed by atoms with van der Waals surface area (Å²) in [7, 11) is 0. The van der Waals surface area contributed by atoms with E-state index in [9.17, 15) is 9.18 Å². The molecule has 1 aliphatic carbocycles. The Kier molecular flexibility index (Phi) is 4.56. The molecule has 0 atom stereocenters. The van der Waals surface area contributed by atoms with Gasteiger partial charge < -0.3 is 9.88 Å². The molecule has 29 heavy (non-hydrogen) atoms. The second-order valence-corrected chi connectivity index (χ2v) is 8.58. The van der Waals surface area contributed by atoms with Crippen molar-refractivity contribution in [3.8, 4) is 0 Å². The molecule has 0 radical (unpaired) electrons. The van der Waals surface area contributed by atoms with Crippen LogP contribution in [-0.4, -0.2) is 42.5 Å². The van der Waals surface area contributed by atoms with E-state index in [-0.39, 0.29) is 17.1 Å². The maximum atomic E-state index is 13.8. The number of rotatable bonds is 4. The number of halogens is 1. The number of aromatic amines is 1. The van der Waals surface area contributed by atoms with Crippen LogP contribution in [0.3, 0.4) is 0 Å². The van der Waals surface area contributed by atoms with Gasteiger partial charge in [-0.25, -0.2) is 9.07 Å². The molecule has 0 spiro atoms. The number of tetrazole rings is 1. The van der Waals surface area contributed by atoms with Crippen LogP contribution in [0.2, 0.25) is 0 Å². The minimum absolute atomic E-state index is 0.0860. The van der Waals surface area contributed by atoms with Gasteiger partial charge in [0, 0.05) is 48.1 Å². The Labute approximate surface area is 168 Å². The van der Waals surface area contributed by atoms with E-state index < -0.39 is 0 Å². The molecule has 1 saturated carbocycles. The summed E-state index contributed by atoms with van der Waals surface area (Å²) in [6.45, 7) is 1.92. The van der Waals surface area contributed by atoms with Gasteiger partial charge in [-0.3, -0.25) is 4.79 Å². The first-order valence-electron chi connectivity index (χ1n) is 10.4. The number of benzene rings is 1. The summed E-state index contributed by atoms with van der Waals surface area (Å²) < 4.78 is 15.5. The van der Waals surface area contributed by atoms with Crippen molar-refractivity contribution in [2.75, 3.05) is 6.54 Å². The zero-order chi connectivity index (χ0) is 19.8. The summed E-state index contributed by atoms with van der Waals surface area (Å²) in [4.78, 5) is 18.6. The normalized spacial score (nSPS) is 18.7. The number of hydrogen-bond donors (Lipinski definition) is 1. The number of carbonyl (C=O) groups is 1. The average Bonchev–Trinajstić information content (AvgIpc) is 3.35. The van der Waals surface area contributed by atoms with E-state index >= 15 is 0 Å². The van der Waals surface area contributed by atoms with Crippen LogP contribution in [0.5, 0.6) is 0 Å². The fourth-order valence-corrected chi connectivity index (χ4v) is 5.12. The lowest BCUT2D eigenvalue weighted by Crippen LogP contribution is -2.41. The van der Waals surface area contributed by atoms with Crippen molar-refractivity contribution in [2.24, 2.45) is 5.41 Å². The number of hydrogen-bond acceptors (Lipinski definition) is 4. The lowest BCUT2D eigenvalue weighted by molar-refractivity contribution is -0.135. The summed E-state index contributed by atoms with van der Waals surface area (Å²) in [5.74, 6) is -0.0678. The molecule has 2 aromatic heterocycles. The van der Waals surface area contributed by atoms with Gasteiger partial charge in [-0.1, -0.05) is 19.3 Å². The van der Waals surface area contributed by atoms with Crippen molar-refractivity contribution in [1.82, 2.24) is 30.1 Å². The van der Waals surface area contributed by atoms with Crippen LogP contribution < -0.4 is 0 Å².